The third-order valence-electron chi connectivity index (χ3n) is 4.20. The minimum atomic E-state index is -0.0964. The van der Waals surface area contributed by atoms with Crippen LogP contribution in [0.2, 0.25) is 0 Å². The lowest BCUT2D eigenvalue weighted by molar-refractivity contribution is -0.129. The molecule has 1 aliphatic rings. The summed E-state index contributed by atoms with van der Waals surface area (Å²) in [5.74, 6) is -0.0351. The molecule has 0 saturated carbocycles. The molecule has 1 N–H and O–H groups in total. The average Bonchev–Trinajstić information content (AvgIpc) is 3.21. The summed E-state index contributed by atoms with van der Waals surface area (Å²) < 4.78 is 0. The van der Waals surface area contributed by atoms with Crippen molar-refractivity contribution in [3.63, 3.8) is 0 Å². The van der Waals surface area contributed by atoms with E-state index in [-0.39, 0.29) is 17.9 Å². The Hall–Kier alpha value is -2.28. The van der Waals surface area contributed by atoms with Crippen LogP contribution in [0.25, 0.3) is 0 Å². The standard InChI is InChI=1S/C17H20N4O2S/c1-11-5-7-24-16(11)17(23)19-9-13-8-18-10-14(20-13)15-4-3-6-21(15)12(2)22/h5,7-8,10,15H,3-4,6,9H2,1-2H3,(H,19,23). The van der Waals surface area contributed by atoms with Gasteiger partial charge in [0.2, 0.25) is 5.91 Å². The molecule has 3 rings (SSSR count). The van der Waals surface area contributed by atoms with Crippen LogP contribution in [0.1, 0.15) is 52.4 Å². The van der Waals surface area contributed by atoms with Gasteiger partial charge in [0.15, 0.2) is 0 Å². The first-order valence-corrected chi connectivity index (χ1v) is 8.84. The van der Waals surface area contributed by atoms with Crippen LogP contribution in [0.5, 0.6) is 0 Å². The van der Waals surface area contributed by atoms with Crippen molar-refractivity contribution in [1.29, 1.82) is 0 Å². The highest BCUT2D eigenvalue weighted by atomic mass is 32.1. The fraction of sp³-hybridized carbons (Fsp3) is 0.412. The molecule has 1 aliphatic heterocycles. The van der Waals surface area contributed by atoms with Gasteiger partial charge in [-0.3, -0.25) is 19.6 Å². The zero-order chi connectivity index (χ0) is 17.1. The molecule has 0 aliphatic carbocycles. The van der Waals surface area contributed by atoms with E-state index in [0.717, 1.165) is 35.5 Å². The third-order valence-corrected chi connectivity index (χ3v) is 5.22. The van der Waals surface area contributed by atoms with Gasteiger partial charge in [-0.15, -0.1) is 11.3 Å². The summed E-state index contributed by atoms with van der Waals surface area (Å²) in [5, 5.41) is 4.79. The summed E-state index contributed by atoms with van der Waals surface area (Å²) in [6.45, 7) is 4.59. The highest BCUT2D eigenvalue weighted by molar-refractivity contribution is 7.12. The molecule has 0 radical (unpaired) electrons. The largest absolute Gasteiger partial charge is 0.346 e. The van der Waals surface area contributed by atoms with Gasteiger partial charge in [0.05, 0.1) is 41.2 Å². The number of amides is 2. The first-order valence-electron chi connectivity index (χ1n) is 7.96. The van der Waals surface area contributed by atoms with E-state index in [0.29, 0.717) is 12.2 Å². The molecular formula is C17H20N4O2S. The zero-order valence-electron chi connectivity index (χ0n) is 13.8. The summed E-state index contributed by atoms with van der Waals surface area (Å²) in [6, 6.07) is 1.92. The van der Waals surface area contributed by atoms with E-state index in [9.17, 15) is 9.59 Å². The summed E-state index contributed by atoms with van der Waals surface area (Å²) in [6.07, 6.45) is 5.24. The maximum Gasteiger partial charge on any atom is 0.261 e. The molecule has 1 saturated heterocycles. The van der Waals surface area contributed by atoms with Crippen LogP contribution in [0.4, 0.5) is 0 Å². The number of likely N-dealkylation sites (tertiary alicyclic amines) is 1. The maximum atomic E-state index is 12.2. The molecule has 0 bridgehead atoms. The fourth-order valence-corrected chi connectivity index (χ4v) is 3.82. The summed E-state index contributed by atoms with van der Waals surface area (Å²) in [7, 11) is 0. The molecule has 126 valence electrons. The predicted molar refractivity (Wildman–Crippen MR) is 91.6 cm³/mol. The highest BCUT2D eigenvalue weighted by Gasteiger charge is 2.29. The zero-order valence-corrected chi connectivity index (χ0v) is 14.6. The quantitative estimate of drug-likeness (QED) is 0.924. The molecule has 7 heteroatoms. The van der Waals surface area contributed by atoms with E-state index >= 15 is 0 Å². The number of thiophene rings is 1. The van der Waals surface area contributed by atoms with Gasteiger partial charge < -0.3 is 10.2 Å². The Balaban J connectivity index is 1.68. The number of nitrogens with zero attached hydrogens (tertiary/aromatic N) is 3. The van der Waals surface area contributed by atoms with Crippen LogP contribution in [-0.2, 0) is 11.3 Å². The van der Waals surface area contributed by atoms with Gasteiger partial charge in [0, 0.05) is 13.5 Å². The van der Waals surface area contributed by atoms with Gasteiger partial charge in [-0.05, 0) is 36.8 Å². The molecule has 1 unspecified atom stereocenters. The third kappa shape index (κ3) is 3.46. The van der Waals surface area contributed by atoms with Crippen LogP contribution in [0, 0.1) is 6.92 Å². The number of nitrogens with one attached hydrogen (secondary N) is 1. The van der Waals surface area contributed by atoms with Crippen molar-refractivity contribution in [2.24, 2.45) is 0 Å². The topological polar surface area (TPSA) is 75.2 Å². The van der Waals surface area contributed by atoms with Crippen molar-refractivity contribution >= 4 is 23.2 Å². The molecule has 3 heterocycles. The normalized spacial score (nSPS) is 17.1. The minimum Gasteiger partial charge on any atom is -0.346 e. The molecule has 1 atom stereocenters. The molecule has 24 heavy (non-hydrogen) atoms. The number of aryl methyl sites for hydroxylation is 1. The van der Waals surface area contributed by atoms with Crippen molar-refractivity contribution < 1.29 is 9.59 Å². The maximum absolute atomic E-state index is 12.2. The van der Waals surface area contributed by atoms with Gasteiger partial charge >= 0.3 is 0 Å². The van der Waals surface area contributed by atoms with E-state index < -0.39 is 0 Å². The van der Waals surface area contributed by atoms with Gasteiger partial charge in [0.1, 0.15) is 0 Å². The number of carbonyl (C=O) groups excluding carboxylic acids is 2. The SMILES string of the molecule is CC(=O)N1CCCC1c1cncc(CNC(=O)c2sccc2C)n1. The van der Waals surface area contributed by atoms with Crippen molar-refractivity contribution in [3.8, 4) is 0 Å². The van der Waals surface area contributed by atoms with Gasteiger partial charge in [-0.2, -0.15) is 0 Å². The van der Waals surface area contributed by atoms with Gasteiger partial charge in [-0.25, -0.2) is 0 Å². The summed E-state index contributed by atoms with van der Waals surface area (Å²) >= 11 is 1.43. The van der Waals surface area contributed by atoms with E-state index in [2.05, 4.69) is 15.3 Å². The molecular weight excluding hydrogens is 324 g/mol. The number of carbonyl (C=O) groups is 2. The second-order valence-electron chi connectivity index (χ2n) is 5.92. The average molecular weight is 344 g/mol. The smallest absolute Gasteiger partial charge is 0.261 e. The van der Waals surface area contributed by atoms with E-state index in [4.69, 9.17) is 0 Å². The number of hydrogen-bond donors (Lipinski definition) is 1. The second kappa shape index (κ2) is 7.09. The number of hydrogen-bond acceptors (Lipinski definition) is 5. The Bertz CT molecular complexity index is 759. The summed E-state index contributed by atoms with van der Waals surface area (Å²) in [4.78, 5) is 35.3. The van der Waals surface area contributed by atoms with E-state index in [1.54, 1.807) is 19.3 Å². The number of rotatable bonds is 4. The van der Waals surface area contributed by atoms with Crippen LogP contribution in [0.3, 0.4) is 0 Å². The van der Waals surface area contributed by atoms with Crippen molar-refractivity contribution in [2.75, 3.05) is 6.54 Å². The number of aromatic nitrogens is 2. The first-order chi connectivity index (χ1) is 11.6. The van der Waals surface area contributed by atoms with Crippen LogP contribution >= 0.6 is 11.3 Å². The lowest BCUT2D eigenvalue weighted by Crippen LogP contribution is -2.29. The molecule has 2 amide bonds. The monoisotopic (exact) mass is 344 g/mol. The Kier molecular flexibility index (Phi) is 4.89. The Morgan fingerprint density at radius 3 is 2.96 bits per heavy atom. The molecule has 0 spiro atoms. The summed E-state index contributed by atoms with van der Waals surface area (Å²) in [5.41, 5.74) is 2.47. The molecule has 2 aromatic heterocycles. The van der Waals surface area contributed by atoms with Crippen molar-refractivity contribution in [2.45, 2.75) is 39.3 Å². The van der Waals surface area contributed by atoms with Gasteiger partial charge in [0.25, 0.3) is 5.91 Å². The lowest BCUT2D eigenvalue weighted by Gasteiger charge is -2.22. The molecule has 6 nitrogen and oxygen atoms in total. The highest BCUT2D eigenvalue weighted by Crippen LogP contribution is 2.30. The minimum absolute atomic E-state index is 0.00908. The van der Waals surface area contributed by atoms with E-state index in [1.807, 2.05) is 23.3 Å². The Morgan fingerprint density at radius 1 is 1.42 bits per heavy atom. The fourth-order valence-electron chi connectivity index (χ4n) is 2.98. The predicted octanol–water partition coefficient (Wildman–Crippen LogP) is 2.46. The molecule has 1 fully saturated rings. The Labute approximate surface area is 144 Å². The van der Waals surface area contributed by atoms with Crippen LogP contribution < -0.4 is 5.32 Å². The molecule has 2 aromatic rings. The molecule has 0 aromatic carbocycles. The van der Waals surface area contributed by atoms with Crippen molar-refractivity contribution in [1.82, 2.24) is 20.2 Å². The lowest BCUT2D eigenvalue weighted by atomic mass is 10.1. The second-order valence-corrected chi connectivity index (χ2v) is 6.84. The van der Waals surface area contributed by atoms with Crippen LogP contribution in [-0.4, -0.2) is 33.2 Å². The van der Waals surface area contributed by atoms with E-state index in [1.165, 1.54) is 11.3 Å². The Morgan fingerprint density at radius 2 is 2.25 bits per heavy atom. The van der Waals surface area contributed by atoms with Crippen molar-refractivity contribution in [3.05, 3.63) is 45.7 Å². The van der Waals surface area contributed by atoms with Crippen LogP contribution in [0.15, 0.2) is 23.8 Å². The van der Waals surface area contributed by atoms with Gasteiger partial charge in [-0.1, -0.05) is 0 Å². The first kappa shape index (κ1) is 16.6.